The van der Waals surface area contributed by atoms with E-state index in [1.54, 1.807) is 7.11 Å². The van der Waals surface area contributed by atoms with Gasteiger partial charge in [0.1, 0.15) is 18.3 Å². The fourth-order valence-electron chi connectivity index (χ4n) is 5.33. The molecular formula is C26H36O7. The van der Waals surface area contributed by atoms with Crippen LogP contribution in [0.4, 0.5) is 0 Å². The standard InChI is InChI=1S/C26H36O7/c1-5-10-19-14-15-26(28-4)25(31-19)24(30-17(3)27)22-23(33-26)21(20(32-22)11-6-2)29-16-18-12-8-7-9-13-18/h5,7-9,12-13,19-25H,1,6,10-11,14-16H2,2-4H3/t19?,20-,21+,22-,23+,24+,25-,26?/m1/s1. The van der Waals surface area contributed by atoms with Gasteiger partial charge in [0.2, 0.25) is 0 Å². The maximum atomic E-state index is 12.1. The Labute approximate surface area is 196 Å². The highest BCUT2D eigenvalue weighted by Gasteiger charge is 2.65. The minimum atomic E-state index is -1.03. The first-order valence-electron chi connectivity index (χ1n) is 12.0. The Bertz CT molecular complexity index is 799. The average Bonchev–Trinajstić information content (AvgIpc) is 3.15. The van der Waals surface area contributed by atoms with Crippen LogP contribution in [0.2, 0.25) is 0 Å². The zero-order valence-corrected chi connectivity index (χ0v) is 19.8. The molecule has 4 rings (SSSR count). The van der Waals surface area contributed by atoms with E-state index in [4.69, 9.17) is 28.4 Å². The number of fused-ring (bicyclic) bond motifs is 2. The molecule has 182 valence electrons. The van der Waals surface area contributed by atoms with Crippen molar-refractivity contribution in [1.29, 1.82) is 0 Å². The fourth-order valence-corrected chi connectivity index (χ4v) is 5.33. The number of benzene rings is 1. The number of rotatable bonds is 9. The molecular weight excluding hydrogens is 424 g/mol. The second-order valence-corrected chi connectivity index (χ2v) is 9.10. The first-order chi connectivity index (χ1) is 16.0. The van der Waals surface area contributed by atoms with Crippen molar-refractivity contribution < 1.29 is 33.2 Å². The van der Waals surface area contributed by atoms with Crippen LogP contribution in [-0.4, -0.2) is 61.6 Å². The van der Waals surface area contributed by atoms with Crippen molar-refractivity contribution in [3.05, 3.63) is 48.6 Å². The van der Waals surface area contributed by atoms with Crippen molar-refractivity contribution in [3.63, 3.8) is 0 Å². The molecule has 3 fully saturated rings. The molecule has 0 spiro atoms. The molecule has 3 saturated heterocycles. The topological polar surface area (TPSA) is 72.5 Å². The van der Waals surface area contributed by atoms with Gasteiger partial charge in [-0.2, -0.15) is 0 Å². The molecule has 1 aromatic rings. The maximum absolute atomic E-state index is 12.1. The van der Waals surface area contributed by atoms with Crippen LogP contribution in [0, 0.1) is 0 Å². The van der Waals surface area contributed by atoms with E-state index in [0.717, 1.165) is 24.8 Å². The van der Waals surface area contributed by atoms with Gasteiger partial charge in [-0.05, 0) is 24.8 Å². The summed E-state index contributed by atoms with van der Waals surface area (Å²) >= 11 is 0. The normalized spacial score (nSPS) is 37.7. The van der Waals surface area contributed by atoms with Gasteiger partial charge in [0.15, 0.2) is 18.0 Å². The fraction of sp³-hybridized carbons (Fsp3) is 0.654. The molecule has 0 aromatic heterocycles. The van der Waals surface area contributed by atoms with E-state index in [1.165, 1.54) is 6.92 Å². The van der Waals surface area contributed by atoms with E-state index in [1.807, 2.05) is 36.4 Å². The van der Waals surface area contributed by atoms with Gasteiger partial charge in [-0.25, -0.2) is 0 Å². The summed E-state index contributed by atoms with van der Waals surface area (Å²) in [7, 11) is 1.62. The van der Waals surface area contributed by atoms with Crippen molar-refractivity contribution in [2.75, 3.05) is 7.11 Å². The number of carbonyl (C=O) groups excluding carboxylic acids is 1. The molecule has 7 nitrogen and oxygen atoms in total. The van der Waals surface area contributed by atoms with E-state index in [2.05, 4.69) is 13.5 Å². The molecule has 2 unspecified atom stereocenters. The molecule has 3 aliphatic rings. The van der Waals surface area contributed by atoms with Crippen molar-refractivity contribution in [1.82, 2.24) is 0 Å². The van der Waals surface area contributed by atoms with Gasteiger partial charge in [-0.3, -0.25) is 4.79 Å². The van der Waals surface area contributed by atoms with Gasteiger partial charge in [-0.1, -0.05) is 49.8 Å². The Hall–Kier alpha value is -1.77. The summed E-state index contributed by atoms with van der Waals surface area (Å²) in [5.74, 6) is -1.41. The van der Waals surface area contributed by atoms with Crippen LogP contribution in [0.5, 0.6) is 0 Å². The van der Waals surface area contributed by atoms with Crippen molar-refractivity contribution in [2.45, 2.75) is 101 Å². The van der Waals surface area contributed by atoms with Crippen LogP contribution in [0.15, 0.2) is 43.0 Å². The van der Waals surface area contributed by atoms with Crippen LogP contribution in [0.25, 0.3) is 0 Å². The van der Waals surface area contributed by atoms with Gasteiger partial charge < -0.3 is 28.4 Å². The lowest BCUT2D eigenvalue weighted by Crippen LogP contribution is -2.69. The molecule has 33 heavy (non-hydrogen) atoms. The molecule has 0 bridgehead atoms. The minimum Gasteiger partial charge on any atom is -0.457 e. The SMILES string of the molecule is C=CCC1CCC2(OC)O[C@@H]3[C@@H](O[C@H](CCC)[C@@H]3OCc3ccccc3)[C@H](OC(C)=O)[C@H]2O1. The van der Waals surface area contributed by atoms with Gasteiger partial charge in [0.05, 0.1) is 18.8 Å². The second-order valence-electron chi connectivity index (χ2n) is 9.10. The summed E-state index contributed by atoms with van der Waals surface area (Å²) in [6, 6.07) is 10.0. The van der Waals surface area contributed by atoms with Crippen molar-refractivity contribution in [3.8, 4) is 0 Å². The molecule has 0 amide bonds. The summed E-state index contributed by atoms with van der Waals surface area (Å²) in [6.45, 7) is 7.80. The number of esters is 1. The minimum absolute atomic E-state index is 0.0352. The summed E-state index contributed by atoms with van der Waals surface area (Å²) < 4.78 is 37.7. The van der Waals surface area contributed by atoms with Gasteiger partial charge in [0.25, 0.3) is 0 Å². The third-order valence-electron chi connectivity index (χ3n) is 6.83. The molecule has 0 radical (unpaired) electrons. The molecule has 7 heteroatoms. The molecule has 3 aliphatic heterocycles. The molecule has 0 N–H and O–H groups in total. The predicted molar refractivity (Wildman–Crippen MR) is 121 cm³/mol. The lowest BCUT2D eigenvalue weighted by molar-refractivity contribution is -0.382. The number of carbonyl (C=O) groups is 1. The quantitative estimate of drug-likeness (QED) is 0.408. The molecule has 1 aromatic carbocycles. The Balaban J connectivity index is 1.62. The van der Waals surface area contributed by atoms with Crippen LogP contribution < -0.4 is 0 Å². The Kier molecular flexibility index (Phi) is 7.87. The van der Waals surface area contributed by atoms with Crippen molar-refractivity contribution in [2.24, 2.45) is 0 Å². The smallest absolute Gasteiger partial charge is 0.303 e. The first-order valence-corrected chi connectivity index (χ1v) is 12.0. The van der Waals surface area contributed by atoms with Crippen LogP contribution in [0.1, 0.15) is 51.5 Å². The summed E-state index contributed by atoms with van der Waals surface area (Å²) in [5.41, 5.74) is 1.08. The zero-order valence-electron chi connectivity index (χ0n) is 19.8. The average molecular weight is 461 g/mol. The summed E-state index contributed by atoms with van der Waals surface area (Å²) in [6.07, 6.45) is 2.97. The van der Waals surface area contributed by atoms with E-state index in [-0.39, 0.29) is 24.3 Å². The van der Waals surface area contributed by atoms with Gasteiger partial charge in [0, 0.05) is 20.5 Å². The molecule has 0 saturated carbocycles. The highest BCUT2D eigenvalue weighted by Crippen LogP contribution is 2.47. The van der Waals surface area contributed by atoms with E-state index in [0.29, 0.717) is 19.4 Å². The van der Waals surface area contributed by atoms with Crippen LogP contribution in [0.3, 0.4) is 0 Å². The number of hydrogen-bond acceptors (Lipinski definition) is 7. The Morgan fingerprint density at radius 1 is 1.21 bits per heavy atom. The number of hydrogen-bond donors (Lipinski definition) is 0. The predicted octanol–water partition coefficient (Wildman–Crippen LogP) is 3.94. The van der Waals surface area contributed by atoms with Crippen molar-refractivity contribution >= 4 is 5.97 Å². The summed E-state index contributed by atoms with van der Waals surface area (Å²) in [4.78, 5) is 12.1. The molecule has 8 atom stereocenters. The maximum Gasteiger partial charge on any atom is 0.303 e. The zero-order chi connectivity index (χ0) is 23.4. The highest BCUT2D eigenvalue weighted by molar-refractivity contribution is 5.66. The second kappa shape index (κ2) is 10.7. The number of ether oxygens (including phenoxy) is 6. The van der Waals surface area contributed by atoms with Gasteiger partial charge >= 0.3 is 5.97 Å². The van der Waals surface area contributed by atoms with Crippen LogP contribution >= 0.6 is 0 Å². The number of methoxy groups -OCH3 is 1. The monoisotopic (exact) mass is 460 g/mol. The third kappa shape index (κ3) is 5.03. The largest absolute Gasteiger partial charge is 0.457 e. The van der Waals surface area contributed by atoms with E-state index < -0.39 is 30.2 Å². The molecule has 0 aliphatic carbocycles. The Morgan fingerprint density at radius 2 is 2.00 bits per heavy atom. The highest BCUT2D eigenvalue weighted by atomic mass is 16.8. The van der Waals surface area contributed by atoms with E-state index >= 15 is 0 Å². The molecule has 3 heterocycles. The van der Waals surface area contributed by atoms with Gasteiger partial charge in [-0.15, -0.1) is 6.58 Å². The third-order valence-corrected chi connectivity index (χ3v) is 6.83. The first kappa shape index (κ1) is 24.4. The lowest BCUT2D eigenvalue weighted by atomic mass is 9.84. The summed E-state index contributed by atoms with van der Waals surface area (Å²) in [5, 5.41) is 0. The van der Waals surface area contributed by atoms with E-state index in [9.17, 15) is 4.79 Å². The Morgan fingerprint density at radius 3 is 2.67 bits per heavy atom. The van der Waals surface area contributed by atoms with Crippen LogP contribution in [-0.2, 0) is 39.8 Å². The lowest BCUT2D eigenvalue weighted by Gasteiger charge is -2.53.